The highest BCUT2D eigenvalue weighted by Crippen LogP contribution is 2.20. The van der Waals surface area contributed by atoms with Crippen molar-refractivity contribution in [1.29, 1.82) is 0 Å². The predicted molar refractivity (Wildman–Crippen MR) is 72.9 cm³/mol. The maximum Gasteiger partial charge on any atom is 0.303 e. The van der Waals surface area contributed by atoms with Gasteiger partial charge in [0.15, 0.2) is 0 Å². The van der Waals surface area contributed by atoms with Crippen LogP contribution in [0.1, 0.15) is 37.3 Å². The number of carbonyl (C=O) groups is 1. The van der Waals surface area contributed by atoms with Crippen LogP contribution in [0.15, 0.2) is 24.3 Å². The van der Waals surface area contributed by atoms with Gasteiger partial charge in [0.25, 0.3) is 0 Å². The molecule has 1 N–H and O–H groups in total. The van der Waals surface area contributed by atoms with E-state index in [-0.39, 0.29) is 6.42 Å². The van der Waals surface area contributed by atoms with Crippen LogP contribution in [0.25, 0.3) is 6.08 Å². The lowest BCUT2D eigenvalue weighted by Gasteiger charge is -2.09. The van der Waals surface area contributed by atoms with E-state index in [9.17, 15) is 4.79 Å². The Balaban J connectivity index is 2.58. The SMILES string of the molecule is CC/C=C/c1ccc(C)c(OCCCC(=O)O)c1. The molecule has 0 bridgehead atoms. The largest absolute Gasteiger partial charge is 0.493 e. The molecule has 3 heteroatoms. The molecule has 3 nitrogen and oxygen atoms in total. The molecule has 0 heterocycles. The molecule has 0 saturated heterocycles. The van der Waals surface area contributed by atoms with Gasteiger partial charge in [0.2, 0.25) is 0 Å². The van der Waals surface area contributed by atoms with E-state index in [2.05, 4.69) is 19.1 Å². The summed E-state index contributed by atoms with van der Waals surface area (Å²) >= 11 is 0. The van der Waals surface area contributed by atoms with Crippen molar-refractivity contribution in [3.05, 3.63) is 35.4 Å². The van der Waals surface area contributed by atoms with Crippen LogP contribution in [-0.4, -0.2) is 17.7 Å². The van der Waals surface area contributed by atoms with Gasteiger partial charge in [-0.05, 0) is 37.0 Å². The van der Waals surface area contributed by atoms with Crippen molar-refractivity contribution in [2.75, 3.05) is 6.61 Å². The molecule has 0 radical (unpaired) electrons. The standard InChI is InChI=1S/C15H20O3/c1-3-4-6-13-9-8-12(2)14(11-13)18-10-5-7-15(16)17/h4,6,8-9,11H,3,5,7,10H2,1-2H3,(H,16,17)/b6-4+. The Labute approximate surface area is 108 Å². The third kappa shape index (κ3) is 5.04. The van der Waals surface area contributed by atoms with Crippen LogP contribution in [0, 0.1) is 6.92 Å². The first-order valence-electron chi connectivity index (χ1n) is 6.25. The molecule has 0 spiro atoms. The van der Waals surface area contributed by atoms with Crippen LogP contribution in [0.2, 0.25) is 0 Å². The summed E-state index contributed by atoms with van der Waals surface area (Å²) < 4.78 is 5.61. The molecule has 0 aliphatic heterocycles. The molecule has 0 aliphatic carbocycles. The predicted octanol–water partition coefficient (Wildman–Crippen LogP) is 3.66. The average Bonchev–Trinajstić information content (AvgIpc) is 2.34. The Hall–Kier alpha value is -1.77. The minimum atomic E-state index is -0.782. The number of hydrogen-bond donors (Lipinski definition) is 1. The lowest BCUT2D eigenvalue weighted by Crippen LogP contribution is -2.03. The van der Waals surface area contributed by atoms with Gasteiger partial charge in [-0.2, -0.15) is 0 Å². The molecule has 0 unspecified atom stereocenters. The third-order valence-corrected chi connectivity index (χ3v) is 2.55. The number of carboxylic acid groups (broad SMARTS) is 1. The molecule has 1 rings (SSSR count). The first kappa shape index (κ1) is 14.3. The molecule has 1 aromatic carbocycles. The fourth-order valence-electron chi connectivity index (χ4n) is 1.54. The molecule has 1 aromatic rings. The number of hydrogen-bond acceptors (Lipinski definition) is 2. The van der Waals surface area contributed by atoms with Gasteiger partial charge in [-0.25, -0.2) is 0 Å². The second kappa shape index (κ2) is 7.54. The number of ether oxygens (including phenoxy) is 1. The summed E-state index contributed by atoms with van der Waals surface area (Å²) in [6, 6.07) is 6.05. The van der Waals surface area contributed by atoms with E-state index in [0.717, 1.165) is 23.3 Å². The summed E-state index contributed by atoms with van der Waals surface area (Å²) in [5.74, 6) is 0.0496. The smallest absolute Gasteiger partial charge is 0.303 e. The van der Waals surface area contributed by atoms with E-state index in [1.165, 1.54) is 0 Å². The molecule has 18 heavy (non-hydrogen) atoms. The Kier molecular flexibility index (Phi) is 5.98. The van der Waals surface area contributed by atoms with E-state index in [4.69, 9.17) is 9.84 Å². The summed E-state index contributed by atoms with van der Waals surface area (Å²) in [4.78, 5) is 10.4. The Morgan fingerprint density at radius 2 is 2.22 bits per heavy atom. The van der Waals surface area contributed by atoms with Gasteiger partial charge in [0.1, 0.15) is 5.75 Å². The van der Waals surface area contributed by atoms with Gasteiger partial charge in [-0.1, -0.05) is 31.2 Å². The summed E-state index contributed by atoms with van der Waals surface area (Å²) in [6.45, 7) is 4.52. The topological polar surface area (TPSA) is 46.5 Å². The lowest BCUT2D eigenvalue weighted by atomic mass is 10.1. The van der Waals surface area contributed by atoms with E-state index >= 15 is 0 Å². The van der Waals surface area contributed by atoms with E-state index < -0.39 is 5.97 Å². The molecular weight excluding hydrogens is 228 g/mol. The Morgan fingerprint density at radius 1 is 1.44 bits per heavy atom. The zero-order chi connectivity index (χ0) is 13.4. The number of benzene rings is 1. The van der Waals surface area contributed by atoms with E-state index in [0.29, 0.717) is 13.0 Å². The summed E-state index contributed by atoms with van der Waals surface area (Å²) in [7, 11) is 0. The zero-order valence-electron chi connectivity index (χ0n) is 11.0. The van der Waals surface area contributed by atoms with Crippen LogP contribution >= 0.6 is 0 Å². The monoisotopic (exact) mass is 248 g/mol. The molecular formula is C15H20O3. The van der Waals surface area contributed by atoms with Gasteiger partial charge >= 0.3 is 5.97 Å². The molecule has 98 valence electrons. The van der Waals surface area contributed by atoms with Crippen LogP contribution in [0.4, 0.5) is 0 Å². The van der Waals surface area contributed by atoms with Gasteiger partial charge < -0.3 is 9.84 Å². The number of rotatable bonds is 7. The van der Waals surface area contributed by atoms with Crippen molar-refractivity contribution >= 4 is 12.0 Å². The normalized spacial score (nSPS) is 10.8. The number of aliphatic carboxylic acids is 1. The lowest BCUT2D eigenvalue weighted by molar-refractivity contribution is -0.137. The maximum absolute atomic E-state index is 10.4. The number of allylic oxidation sites excluding steroid dienone is 1. The van der Waals surface area contributed by atoms with Crippen molar-refractivity contribution in [2.45, 2.75) is 33.1 Å². The zero-order valence-corrected chi connectivity index (χ0v) is 11.0. The Bertz CT molecular complexity index is 422. The highest BCUT2D eigenvalue weighted by Gasteiger charge is 2.01. The van der Waals surface area contributed by atoms with E-state index in [1.54, 1.807) is 0 Å². The van der Waals surface area contributed by atoms with Crippen molar-refractivity contribution in [3.8, 4) is 5.75 Å². The number of carboxylic acids is 1. The molecule has 0 aromatic heterocycles. The number of aryl methyl sites for hydroxylation is 1. The highest BCUT2D eigenvalue weighted by molar-refractivity contribution is 5.66. The fraction of sp³-hybridized carbons (Fsp3) is 0.400. The highest BCUT2D eigenvalue weighted by atomic mass is 16.5. The van der Waals surface area contributed by atoms with Crippen molar-refractivity contribution in [2.24, 2.45) is 0 Å². The first-order chi connectivity index (χ1) is 8.63. The van der Waals surface area contributed by atoms with Gasteiger partial charge in [-0.15, -0.1) is 0 Å². The molecule has 0 aliphatic rings. The van der Waals surface area contributed by atoms with Gasteiger partial charge in [0, 0.05) is 6.42 Å². The fourth-order valence-corrected chi connectivity index (χ4v) is 1.54. The van der Waals surface area contributed by atoms with Crippen LogP contribution in [-0.2, 0) is 4.79 Å². The van der Waals surface area contributed by atoms with Crippen molar-refractivity contribution in [1.82, 2.24) is 0 Å². The van der Waals surface area contributed by atoms with Gasteiger partial charge in [0.05, 0.1) is 6.61 Å². The second-order valence-electron chi connectivity index (χ2n) is 4.18. The quantitative estimate of drug-likeness (QED) is 0.749. The van der Waals surface area contributed by atoms with Crippen molar-refractivity contribution in [3.63, 3.8) is 0 Å². The van der Waals surface area contributed by atoms with Crippen LogP contribution in [0.5, 0.6) is 5.75 Å². The summed E-state index contributed by atoms with van der Waals surface area (Å²) in [6.07, 6.45) is 5.84. The van der Waals surface area contributed by atoms with Gasteiger partial charge in [-0.3, -0.25) is 4.79 Å². The van der Waals surface area contributed by atoms with Crippen LogP contribution in [0.3, 0.4) is 0 Å². The average molecular weight is 248 g/mol. The van der Waals surface area contributed by atoms with Crippen LogP contribution < -0.4 is 4.74 Å². The maximum atomic E-state index is 10.4. The minimum absolute atomic E-state index is 0.147. The van der Waals surface area contributed by atoms with E-state index in [1.807, 2.05) is 25.1 Å². The third-order valence-electron chi connectivity index (χ3n) is 2.55. The second-order valence-corrected chi connectivity index (χ2v) is 4.18. The molecule has 0 fully saturated rings. The summed E-state index contributed by atoms with van der Waals surface area (Å²) in [5, 5.41) is 8.54. The minimum Gasteiger partial charge on any atom is -0.493 e. The molecule has 0 atom stereocenters. The molecule has 0 saturated carbocycles. The first-order valence-corrected chi connectivity index (χ1v) is 6.25. The van der Waals surface area contributed by atoms with Crippen molar-refractivity contribution < 1.29 is 14.6 Å². The molecule has 0 amide bonds. The summed E-state index contributed by atoms with van der Waals surface area (Å²) in [5.41, 5.74) is 2.18. The Morgan fingerprint density at radius 3 is 2.89 bits per heavy atom.